The second-order valence-electron chi connectivity index (χ2n) is 4.53. The number of benzene rings is 1. The van der Waals surface area contributed by atoms with Crippen LogP contribution in [0.1, 0.15) is 13.8 Å². The summed E-state index contributed by atoms with van der Waals surface area (Å²) in [6.45, 7) is 5.11. The molecule has 0 aliphatic heterocycles. The van der Waals surface area contributed by atoms with Gasteiger partial charge in [0.15, 0.2) is 5.13 Å². The van der Waals surface area contributed by atoms with Crippen LogP contribution in [0.5, 0.6) is 5.75 Å². The van der Waals surface area contributed by atoms with E-state index in [1.54, 1.807) is 0 Å². The van der Waals surface area contributed by atoms with Crippen LogP contribution in [0, 0.1) is 5.92 Å². The average Bonchev–Trinajstić information content (AvgIpc) is 2.80. The number of carbonyl (C=O) groups is 1. The fourth-order valence-electron chi connectivity index (χ4n) is 1.84. The molecule has 1 atom stereocenters. The number of ether oxygens (including phenoxy) is 1. The Labute approximate surface area is 134 Å². The fraction of sp³-hybridized carbons (Fsp3) is 0.429. The number of thiazole rings is 1. The van der Waals surface area contributed by atoms with Gasteiger partial charge < -0.3 is 15.4 Å². The first-order valence-electron chi connectivity index (χ1n) is 6.63. The Hall–Kier alpha value is -1.37. The van der Waals surface area contributed by atoms with Crippen LogP contribution in [0.2, 0.25) is 0 Å². The lowest BCUT2D eigenvalue weighted by Crippen LogP contribution is -2.28. The van der Waals surface area contributed by atoms with Gasteiger partial charge in [0.1, 0.15) is 5.75 Å². The third-order valence-electron chi connectivity index (χ3n) is 2.86. The molecule has 1 aromatic carbocycles. The number of aromatic nitrogens is 1. The molecule has 1 heterocycles. The molecule has 0 saturated heterocycles. The molecule has 1 amide bonds. The molecule has 0 aliphatic carbocycles. The van der Waals surface area contributed by atoms with Crippen molar-refractivity contribution in [1.29, 1.82) is 0 Å². The minimum absolute atomic E-state index is 0. The van der Waals surface area contributed by atoms with Crippen LogP contribution in [0.25, 0.3) is 10.2 Å². The van der Waals surface area contributed by atoms with Gasteiger partial charge in [-0.1, -0.05) is 18.3 Å². The molecule has 116 valence electrons. The SMILES string of the molecule is CCOc1ccc2nc(NC(=O)C(C)CNC)sc2c1.Cl. The van der Waals surface area contributed by atoms with Gasteiger partial charge in [-0.25, -0.2) is 4.98 Å². The number of hydrogen-bond donors (Lipinski definition) is 2. The zero-order valence-corrected chi connectivity index (χ0v) is 13.9. The molecule has 7 heteroatoms. The number of amides is 1. The van der Waals surface area contributed by atoms with Gasteiger partial charge in [-0.2, -0.15) is 0 Å². The van der Waals surface area contributed by atoms with Crippen LogP contribution in [0.4, 0.5) is 5.13 Å². The van der Waals surface area contributed by atoms with E-state index in [4.69, 9.17) is 4.74 Å². The van der Waals surface area contributed by atoms with Crippen molar-refractivity contribution in [1.82, 2.24) is 10.3 Å². The van der Waals surface area contributed by atoms with E-state index in [1.807, 2.05) is 39.1 Å². The summed E-state index contributed by atoms with van der Waals surface area (Å²) >= 11 is 1.46. The van der Waals surface area contributed by atoms with Gasteiger partial charge in [0.05, 0.1) is 16.8 Å². The Bertz CT molecular complexity index is 603. The highest BCUT2D eigenvalue weighted by Crippen LogP contribution is 2.29. The Kier molecular flexibility index (Phi) is 6.87. The Morgan fingerprint density at radius 2 is 2.24 bits per heavy atom. The fourth-order valence-corrected chi connectivity index (χ4v) is 2.74. The van der Waals surface area contributed by atoms with Crippen LogP contribution < -0.4 is 15.4 Å². The number of carbonyl (C=O) groups excluding carboxylic acids is 1. The minimum atomic E-state index is -0.0917. The van der Waals surface area contributed by atoms with Gasteiger partial charge >= 0.3 is 0 Å². The topological polar surface area (TPSA) is 63.2 Å². The number of nitrogens with zero attached hydrogens (tertiary/aromatic N) is 1. The van der Waals surface area contributed by atoms with Crippen molar-refractivity contribution in [2.45, 2.75) is 13.8 Å². The first kappa shape index (κ1) is 17.7. The average molecular weight is 330 g/mol. The van der Waals surface area contributed by atoms with Crippen LogP contribution >= 0.6 is 23.7 Å². The normalized spacial score (nSPS) is 11.8. The van der Waals surface area contributed by atoms with Crippen molar-refractivity contribution in [2.24, 2.45) is 5.92 Å². The van der Waals surface area contributed by atoms with Crippen LogP contribution in [-0.4, -0.2) is 31.1 Å². The lowest BCUT2D eigenvalue weighted by Gasteiger charge is -2.08. The van der Waals surface area contributed by atoms with Gasteiger partial charge in [-0.15, -0.1) is 12.4 Å². The zero-order chi connectivity index (χ0) is 14.5. The quantitative estimate of drug-likeness (QED) is 0.855. The number of halogens is 1. The summed E-state index contributed by atoms with van der Waals surface area (Å²) in [5, 5.41) is 6.47. The number of hydrogen-bond acceptors (Lipinski definition) is 5. The maximum atomic E-state index is 11.9. The Morgan fingerprint density at radius 1 is 1.48 bits per heavy atom. The van der Waals surface area contributed by atoms with E-state index in [9.17, 15) is 4.79 Å². The molecule has 0 fully saturated rings. The highest BCUT2D eigenvalue weighted by atomic mass is 35.5. The van der Waals surface area contributed by atoms with Gasteiger partial charge in [-0.05, 0) is 32.2 Å². The molecular weight excluding hydrogens is 310 g/mol. The van der Waals surface area contributed by atoms with E-state index in [0.29, 0.717) is 18.3 Å². The van der Waals surface area contributed by atoms with Gasteiger partial charge in [-0.3, -0.25) is 4.79 Å². The number of anilines is 1. The lowest BCUT2D eigenvalue weighted by molar-refractivity contribution is -0.119. The molecular formula is C14H20ClN3O2S. The summed E-state index contributed by atoms with van der Waals surface area (Å²) in [5.74, 6) is 0.708. The predicted molar refractivity (Wildman–Crippen MR) is 89.8 cm³/mol. The molecule has 0 aliphatic rings. The van der Waals surface area contributed by atoms with Crippen molar-refractivity contribution in [3.05, 3.63) is 18.2 Å². The second kappa shape index (κ2) is 8.17. The molecule has 21 heavy (non-hydrogen) atoms. The molecule has 1 aromatic heterocycles. The first-order chi connectivity index (χ1) is 9.63. The van der Waals surface area contributed by atoms with Crippen LogP contribution in [-0.2, 0) is 4.79 Å². The van der Waals surface area contributed by atoms with E-state index in [-0.39, 0.29) is 24.2 Å². The summed E-state index contributed by atoms with van der Waals surface area (Å²) < 4.78 is 6.46. The van der Waals surface area contributed by atoms with Crippen molar-refractivity contribution >= 4 is 45.0 Å². The minimum Gasteiger partial charge on any atom is -0.494 e. The van der Waals surface area contributed by atoms with E-state index >= 15 is 0 Å². The number of nitrogens with one attached hydrogen (secondary N) is 2. The summed E-state index contributed by atoms with van der Waals surface area (Å²) in [4.78, 5) is 16.3. The third kappa shape index (κ3) is 4.56. The molecule has 0 spiro atoms. The molecule has 5 nitrogen and oxygen atoms in total. The number of rotatable bonds is 6. The van der Waals surface area contributed by atoms with Crippen molar-refractivity contribution in [3.63, 3.8) is 0 Å². The first-order valence-corrected chi connectivity index (χ1v) is 7.44. The highest BCUT2D eigenvalue weighted by molar-refractivity contribution is 7.22. The molecule has 0 saturated carbocycles. The highest BCUT2D eigenvalue weighted by Gasteiger charge is 2.14. The molecule has 0 bridgehead atoms. The molecule has 2 aromatic rings. The lowest BCUT2D eigenvalue weighted by atomic mass is 10.2. The smallest absolute Gasteiger partial charge is 0.230 e. The molecule has 2 N–H and O–H groups in total. The molecule has 1 unspecified atom stereocenters. The summed E-state index contributed by atoms with van der Waals surface area (Å²) in [6.07, 6.45) is 0. The van der Waals surface area contributed by atoms with Crippen molar-refractivity contribution in [3.8, 4) is 5.75 Å². The van der Waals surface area contributed by atoms with Gasteiger partial charge in [0.25, 0.3) is 0 Å². The standard InChI is InChI=1S/C14H19N3O2S.ClH/c1-4-19-10-5-6-11-12(7-10)20-14(16-11)17-13(18)9(2)8-15-3;/h5-7,9,15H,4,8H2,1-3H3,(H,16,17,18);1H. The van der Waals surface area contributed by atoms with Gasteiger partial charge in [0.2, 0.25) is 5.91 Å². The Morgan fingerprint density at radius 3 is 2.90 bits per heavy atom. The summed E-state index contributed by atoms with van der Waals surface area (Å²) in [7, 11) is 1.83. The zero-order valence-electron chi connectivity index (χ0n) is 12.3. The molecule has 0 radical (unpaired) electrons. The molecule has 2 rings (SSSR count). The third-order valence-corrected chi connectivity index (χ3v) is 3.79. The summed E-state index contributed by atoms with van der Waals surface area (Å²) in [6, 6.07) is 5.74. The summed E-state index contributed by atoms with van der Waals surface area (Å²) in [5.41, 5.74) is 0.870. The van der Waals surface area contributed by atoms with Gasteiger partial charge in [0, 0.05) is 12.5 Å². The maximum Gasteiger partial charge on any atom is 0.230 e. The second-order valence-corrected chi connectivity index (χ2v) is 5.56. The Balaban J connectivity index is 0.00000220. The van der Waals surface area contributed by atoms with E-state index in [0.717, 1.165) is 16.0 Å². The van der Waals surface area contributed by atoms with E-state index in [1.165, 1.54) is 11.3 Å². The van der Waals surface area contributed by atoms with Crippen LogP contribution in [0.15, 0.2) is 18.2 Å². The predicted octanol–water partition coefficient (Wildman–Crippen LogP) is 2.91. The van der Waals surface area contributed by atoms with E-state index in [2.05, 4.69) is 15.6 Å². The van der Waals surface area contributed by atoms with E-state index < -0.39 is 0 Å². The monoisotopic (exact) mass is 329 g/mol. The van der Waals surface area contributed by atoms with Crippen molar-refractivity contribution in [2.75, 3.05) is 25.5 Å². The van der Waals surface area contributed by atoms with Crippen molar-refractivity contribution < 1.29 is 9.53 Å². The maximum absolute atomic E-state index is 11.9. The largest absolute Gasteiger partial charge is 0.494 e. The number of fused-ring (bicyclic) bond motifs is 1. The van der Waals surface area contributed by atoms with Crippen LogP contribution in [0.3, 0.4) is 0 Å².